The van der Waals surface area contributed by atoms with Crippen LogP contribution in [0, 0.1) is 11.3 Å². The van der Waals surface area contributed by atoms with Crippen molar-refractivity contribution in [1.82, 2.24) is 25.1 Å². The lowest BCUT2D eigenvalue weighted by Gasteiger charge is -2.23. The molecule has 2 unspecified atom stereocenters. The lowest BCUT2D eigenvalue weighted by atomic mass is 9.81. The molecule has 0 aromatic carbocycles. The van der Waals surface area contributed by atoms with Crippen LogP contribution in [0.25, 0.3) is 11.5 Å². The number of halogens is 3. The molecule has 11 nitrogen and oxygen atoms in total. The second kappa shape index (κ2) is 10.3. The highest BCUT2D eigenvalue weighted by Gasteiger charge is 2.49. The molecule has 0 radical (unpaired) electrons. The van der Waals surface area contributed by atoms with Gasteiger partial charge in [0.2, 0.25) is 18.1 Å². The number of aryl methyl sites for hydroxylation is 1. The topological polar surface area (TPSA) is 130 Å². The number of hydrogen-bond donors (Lipinski definition) is 3. The second-order valence-electron chi connectivity index (χ2n) is 10.4. The first-order chi connectivity index (χ1) is 18.5. The third-order valence-corrected chi connectivity index (χ3v) is 7.01. The van der Waals surface area contributed by atoms with Gasteiger partial charge in [-0.05, 0) is 25.0 Å². The van der Waals surface area contributed by atoms with E-state index in [0.717, 1.165) is 25.6 Å². The van der Waals surface area contributed by atoms with E-state index < -0.39 is 24.0 Å². The number of nitrogens with zero attached hydrogens (tertiary/aromatic N) is 5. The van der Waals surface area contributed by atoms with Crippen LogP contribution in [-0.2, 0) is 11.8 Å². The number of amides is 2. The number of pyridine rings is 1. The molecular weight excluding hydrogens is 517 g/mol. The molecule has 1 aliphatic carbocycles. The molecule has 39 heavy (non-hydrogen) atoms. The highest BCUT2D eigenvalue weighted by Crippen LogP contribution is 2.41. The zero-order chi connectivity index (χ0) is 27.9. The number of aromatic nitrogens is 4. The minimum Gasteiger partial charge on any atom is -0.444 e. The molecule has 1 saturated heterocycles. The first-order valence-electron chi connectivity index (χ1n) is 12.5. The lowest BCUT2D eigenvalue weighted by Crippen LogP contribution is -2.35. The Hall–Kier alpha value is -3.94. The predicted octanol–water partition coefficient (Wildman–Crippen LogP) is 3.44. The largest absolute Gasteiger partial charge is 0.444 e. The minimum absolute atomic E-state index is 0.00643. The van der Waals surface area contributed by atoms with Crippen molar-refractivity contribution < 1.29 is 27.2 Å². The molecule has 3 aromatic heterocycles. The van der Waals surface area contributed by atoms with Crippen molar-refractivity contribution in [2.24, 2.45) is 18.4 Å². The van der Waals surface area contributed by atoms with E-state index in [2.05, 4.69) is 25.7 Å². The number of carbonyl (C=O) groups excluding carboxylic acids is 2. The van der Waals surface area contributed by atoms with Crippen LogP contribution in [0.2, 0.25) is 0 Å². The Labute approximate surface area is 222 Å². The smallest absolute Gasteiger partial charge is 0.287 e. The maximum atomic E-state index is 13.3. The number of nitrogens with one attached hydrogen (secondary N) is 3. The van der Waals surface area contributed by atoms with Crippen LogP contribution in [0.1, 0.15) is 37.2 Å². The summed E-state index contributed by atoms with van der Waals surface area (Å²) in [5.74, 6) is -0.410. The standard InChI is InChI=1S/C25H29F3N8O3/c1-25(2)14(9-30-15-4-5-15)10-36(24(25)38)21-16(11-35(3)34-21)31-22(37)17-12-39-23(32-17)13-6-7-29-18(8-13)33-20(28)19(26)27/h6-8,11-12,14-15,19-20,30H,4-5,9-10H2,1-3H3,(H,29,33)(H,31,37). The normalized spacial score (nSPS) is 19.5. The van der Waals surface area contributed by atoms with E-state index in [4.69, 9.17) is 4.42 Å². The van der Waals surface area contributed by atoms with Crippen LogP contribution >= 0.6 is 0 Å². The van der Waals surface area contributed by atoms with Gasteiger partial charge < -0.3 is 20.4 Å². The molecule has 208 valence electrons. The van der Waals surface area contributed by atoms with E-state index in [1.54, 1.807) is 18.1 Å². The molecule has 3 N–H and O–H groups in total. The van der Waals surface area contributed by atoms with Crippen LogP contribution in [-0.4, -0.2) is 63.4 Å². The second-order valence-corrected chi connectivity index (χ2v) is 10.4. The van der Waals surface area contributed by atoms with E-state index in [9.17, 15) is 22.8 Å². The fourth-order valence-corrected chi connectivity index (χ4v) is 4.46. The van der Waals surface area contributed by atoms with Gasteiger partial charge in [0, 0.05) is 49.3 Å². The molecule has 14 heteroatoms. The van der Waals surface area contributed by atoms with Crippen LogP contribution < -0.4 is 20.9 Å². The van der Waals surface area contributed by atoms with Gasteiger partial charge in [-0.2, -0.15) is 5.10 Å². The van der Waals surface area contributed by atoms with Gasteiger partial charge in [-0.1, -0.05) is 13.8 Å². The molecule has 1 aliphatic heterocycles. The van der Waals surface area contributed by atoms with Gasteiger partial charge in [0.25, 0.3) is 12.3 Å². The van der Waals surface area contributed by atoms with E-state index in [-0.39, 0.29) is 29.2 Å². The van der Waals surface area contributed by atoms with Gasteiger partial charge in [0.15, 0.2) is 11.5 Å². The molecule has 2 fully saturated rings. The third-order valence-electron chi connectivity index (χ3n) is 7.01. The molecule has 4 heterocycles. The van der Waals surface area contributed by atoms with E-state index >= 15 is 0 Å². The molecule has 2 amide bonds. The van der Waals surface area contributed by atoms with Crippen LogP contribution in [0.5, 0.6) is 0 Å². The molecular formula is C25H29F3N8O3. The number of carbonyl (C=O) groups is 2. The molecule has 2 atom stereocenters. The Bertz CT molecular complexity index is 1370. The molecule has 3 aromatic rings. The van der Waals surface area contributed by atoms with Gasteiger partial charge in [0.1, 0.15) is 17.8 Å². The van der Waals surface area contributed by atoms with Crippen molar-refractivity contribution in [2.75, 3.05) is 28.6 Å². The third kappa shape index (κ3) is 5.60. The summed E-state index contributed by atoms with van der Waals surface area (Å²) < 4.78 is 45.3. The van der Waals surface area contributed by atoms with Gasteiger partial charge in [-0.3, -0.25) is 19.2 Å². The Morgan fingerprint density at radius 3 is 2.77 bits per heavy atom. The van der Waals surface area contributed by atoms with E-state index in [0.29, 0.717) is 29.7 Å². The van der Waals surface area contributed by atoms with Gasteiger partial charge in [0.05, 0.1) is 6.20 Å². The molecule has 2 aliphatic rings. The lowest BCUT2D eigenvalue weighted by molar-refractivity contribution is -0.125. The average Bonchev–Trinajstić information content (AvgIpc) is 3.37. The quantitative estimate of drug-likeness (QED) is 0.330. The zero-order valence-corrected chi connectivity index (χ0v) is 21.6. The van der Waals surface area contributed by atoms with Gasteiger partial charge in [-0.25, -0.2) is 23.1 Å². The first kappa shape index (κ1) is 26.7. The van der Waals surface area contributed by atoms with E-state index in [1.165, 1.54) is 23.0 Å². The fraction of sp³-hybridized carbons (Fsp3) is 0.480. The van der Waals surface area contributed by atoms with Crippen LogP contribution in [0.15, 0.2) is 35.2 Å². The predicted molar refractivity (Wildman–Crippen MR) is 136 cm³/mol. The maximum absolute atomic E-state index is 13.3. The highest BCUT2D eigenvalue weighted by molar-refractivity contribution is 6.07. The van der Waals surface area contributed by atoms with Crippen molar-refractivity contribution in [3.63, 3.8) is 0 Å². The Morgan fingerprint density at radius 2 is 2.05 bits per heavy atom. The number of hydrogen-bond acceptors (Lipinski definition) is 8. The van der Waals surface area contributed by atoms with Gasteiger partial charge >= 0.3 is 0 Å². The number of rotatable bonds is 10. The van der Waals surface area contributed by atoms with Crippen molar-refractivity contribution in [3.05, 3.63) is 36.5 Å². The SMILES string of the molecule is Cn1cc(NC(=O)c2coc(-c3ccnc(NC(F)C(F)F)c3)n2)c(N2CC(CNC3CC3)C(C)(C)C2=O)n1. The van der Waals surface area contributed by atoms with E-state index in [1.807, 2.05) is 19.2 Å². The van der Waals surface area contributed by atoms with Crippen molar-refractivity contribution in [3.8, 4) is 11.5 Å². The summed E-state index contributed by atoms with van der Waals surface area (Å²) in [5, 5.41) is 12.6. The van der Waals surface area contributed by atoms with Gasteiger partial charge in [-0.15, -0.1) is 0 Å². The van der Waals surface area contributed by atoms with Crippen LogP contribution in [0.4, 0.5) is 30.5 Å². The number of oxazole rings is 1. The fourth-order valence-electron chi connectivity index (χ4n) is 4.46. The number of anilines is 3. The summed E-state index contributed by atoms with van der Waals surface area (Å²) in [5.41, 5.74) is -0.0341. The maximum Gasteiger partial charge on any atom is 0.287 e. The summed E-state index contributed by atoms with van der Waals surface area (Å²) >= 11 is 0. The Balaban J connectivity index is 1.30. The first-order valence-corrected chi connectivity index (χ1v) is 12.5. The average molecular weight is 547 g/mol. The molecule has 0 spiro atoms. The number of alkyl halides is 3. The summed E-state index contributed by atoms with van der Waals surface area (Å²) in [6.07, 6.45) is 0.490. The van der Waals surface area contributed by atoms with Crippen molar-refractivity contribution in [2.45, 2.75) is 45.5 Å². The monoisotopic (exact) mass is 546 g/mol. The zero-order valence-electron chi connectivity index (χ0n) is 21.6. The Kier molecular flexibility index (Phi) is 7.05. The van der Waals surface area contributed by atoms with Crippen molar-refractivity contribution >= 4 is 29.1 Å². The molecule has 5 rings (SSSR count). The molecule has 0 bridgehead atoms. The summed E-state index contributed by atoms with van der Waals surface area (Å²) in [6, 6.07) is 3.27. The van der Waals surface area contributed by atoms with Crippen molar-refractivity contribution in [1.29, 1.82) is 0 Å². The summed E-state index contributed by atoms with van der Waals surface area (Å²) in [4.78, 5) is 36.0. The molecule has 1 saturated carbocycles. The minimum atomic E-state index is -3.22. The van der Waals surface area contributed by atoms with Crippen LogP contribution in [0.3, 0.4) is 0 Å². The highest BCUT2D eigenvalue weighted by atomic mass is 19.3. The summed E-state index contributed by atoms with van der Waals surface area (Å²) in [6.45, 7) is 5.03. The summed E-state index contributed by atoms with van der Waals surface area (Å²) in [7, 11) is 1.69. The Morgan fingerprint density at radius 1 is 1.28 bits per heavy atom.